The van der Waals surface area contributed by atoms with Crippen molar-refractivity contribution in [3.63, 3.8) is 0 Å². The second kappa shape index (κ2) is 4.21. The predicted molar refractivity (Wildman–Crippen MR) is 59.8 cm³/mol. The highest BCUT2D eigenvalue weighted by atomic mass is 16.7. The third kappa shape index (κ3) is 1.73. The molecule has 0 spiro atoms. The normalized spacial score (nSPS) is 19.5. The van der Waals surface area contributed by atoms with Crippen LogP contribution in [-0.4, -0.2) is 26.7 Å². The van der Waals surface area contributed by atoms with Gasteiger partial charge in [0.2, 0.25) is 0 Å². The highest BCUT2D eigenvalue weighted by Gasteiger charge is 2.41. The van der Waals surface area contributed by atoms with Gasteiger partial charge in [-0.3, -0.25) is 0 Å². The van der Waals surface area contributed by atoms with Crippen molar-refractivity contribution in [1.29, 1.82) is 0 Å². The number of nitrogens with zero attached hydrogens (tertiary/aromatic N) is 1. The molecule has 0 N–H and O–H groups in total. The fourth-order valence-corrected chi connectivity index (χ4v) is 2.21. The van der Waals surface area contributed by atoms with Crippen LogP contribution < -0.4 is 4.90 Å². The van der Waals surface area contributed by atoms with E-state index < -0.39 is 5.91 Å². The van der Waals surface area contributed by atoms with Gasteiger partial charge in [-0.1, -0.05) is 18.2 Å². The van der Waals surface area contributed by atoms with E-state index in [0.717, 1.165) is 25.1 Å². The van der Waals surface area contributed by atoms with E-state index in [-0.39, 0.29) is 0 Å². The van der Waals surface area contributed by atoms with Gasteiger partial charge in [0.25, 0.3) is 5.91 Å². The zero-order valence-corrected chi connectivity index (χ0v) is 9.27. The van der Waals surface area contributed by atoms with E-state index in [0.29, 0.717) is 0 Å². The van der Waals surface area contributed by atoms with Crippen LogP contribution in [0.25, 0.3) is 0 Å². The maximum atomic E-state index is 5.52. The Morgan fingerprint density at radius 2 is 1.80 bits per heavy atom. The summed E-state index contributed by atoms with van der Waals surface area (Å²) < 4.78 is 11.0. The molecular formula is C12H17NO2. The van der Waals surface area contributed by atoms with Crippen molar-refractivity contribution < 1.29 is 9.47 Å². The molecule has 0 aromatic heterocycles. The fraction of sp³-hybridized carbons (Fsp3) is 0.500. The zero-order valence-electron chi connectivity index (χ0n) is 9.27. The number of anilines is 1. The number of benzene rings is 1. The van der Waals surface area contributed by atoms with E-state index in [9.17, 15) is 0 Å². The molecule has 1 aromatic rings. The van der Waals surface area contributed by atoms with Gasteiger partial charge in [-0.05, 0) is 18.6 Å². The standard InChI is InChI=1S/C12H17NO2/c1-14-12(15-2)9-6-10-13(12)11-7-4-3-5-8-11/h3-5,7-8H,6,9-10H2,1-2H3. The van der Waals surface area contributed by atoms with E-state index in [2.05, 4.69) is 17.0 Å². The van der Waals surface area contributed by atoms with Gasteiger partial charge in [-0.15, -0.1) is 0 Å². The lowest BCUT2D eigenvalue weighted by Gasteiger charge is -2.36. The van der Waals surface area contributed by atoms with Crippen molar-refractivity contribution in [3.05, 3.63) is 30.3 Å². The van der Waals surface area contributed by atoms with Crippen molar-refractivity contribution in [2.45, 2.75) is 18.8 Å². The number of rotatable bonds is 3. The molecule has 0 amide bonds. The van der Waals surface area contributed by atoms with E-state index in [1.807, 2.05) is 18.2 Å². The first-order valence-electron chi connectivity index (χ1n) is 5.25. The molecule has 1 saturated heterocycles. The minimum Gasteiger partial charge on any atom is -0.336 e. The summed E-state index contributed by atoms with van der Waals surface area (Å²) in [5.41, 5.74) is 1.15. The van der Waals surface area contributed by atoms with Crippen LogP contribution in [0.1, 0.15) is 12.8 Å². The monoisotopic (exact) mass is 207 g/mol. The first-order chi connectivity index (χ1) is 7.32. The first kappa shape index (κ1) is 10.5. The SMILES string of the molecule is COC1(OC)CCCN1c1ccccc1. The number of methoxy groups -OCH3 is 2. The van der Waals surface area contributed by atoms with E-state index in [1.165, 1.54) is 0 Å². The fourth-order valence-electron chi connectivity index (χ4n) is 2.21. The van der Waals surface area contributed by atoms with Gasteiger partial charge in [-0.25, -0.2) is 0 Å². The summed E-state index contributed by atoms with van der Waals surface area (Å²) in [6.45, 7) is 0.978. The van der Waals surface area contributed by atoms with Crippen molar-refractivity contribution in [2.75, 3.05) is 25.7 Å². The topological polar surface area (TPSA) is 21.7 Å². The smallest absolute Gasteiger partial charge is 0.251 e. The molecule has 0 saturated carbocycles. The molecule has 3 heteroatoms. The lowest BCUT2D eigenvalue weighted by atomic mass is 10.3. The van der Waals surface area contributed by atoms with Crippen molar-refractivity contribution in [3.8, 4) is 0 Å². The molecule has 0 radical (unpaired) electrons. The molecule has 0 unspecified atom stereocenters. The van der Waals surface area contributed by atoms with Crippen LogP contribution in [0.3, 0.4) is 0 Å². The Bertz CT molecular complexity index is 309. The summed E-state index contributed by atoms with van der Waals surface area (Å²) in [4.78, 5) is 2.17. The van der Waals surface area contributed by atoms with Gasteiger partial charge in [0, 0.05) is 32.9 Å². The Morgan fingerprint density at radius 3 is 2.40 bits per heavy atom. The van der Waals surface area contributed by atoms with Crippen LogP contribution in [-0.2, 0) is 9.47 Å². The summed E-state index contributed by atoms with van der Waals surface area (Å²) in [5, 5.41) is 0. The first-order valence-corrected chi connectivity index (χ1v) is 5.25. The molecule has 1 fully saturated rings. The Morgan fingerprint density at radius 1 is 1.13 bits per heavy atom. The van der Waals surface area contributed by atoms with Crippen molar-refractivity contribution in [2.24, 2.45) is 0 Å². The van der Waals surface area contributed by atoms with Crippen LogP contribution in [0, 0.1) is 0 Å². The Hall–Kier alpha value is -1.06. The number of hydrogen-bond acceptors (Lipinski definition) is 3. The quantitative estimate of drug-likeness (QED) is 0.709. The highest BCUT2D eigenvalue weighted by molar-refractivity contribution is 5.48. The van der Waals surface area contributed by atoms with E-state index in [1.54, 1.807) is 14.2 Å². The second-order valence-electron chi connectivity index (χ2n) is 3.71. The van der Waals surface area contributed by atoms with E-state index in [4.69, 9.17) is 9.47 Å². The molecule has 0 atom stereocenters. The lowest BCUT2D eigenvalue weighted by molar-refractivity contribution is -0.197. The van der Waals surface area contributed by atoms with Crippen LogP contribution in [0.5, 0.6) is 0 Å². The zero-order chi connectivity index (χ0) is 10.7. The maximum Gasteiger partial charge on any atom is 0.251 e. The number of para-hydroxylation sites is 1. The number of hydrogen-bond donors (Lipinski definition) is 0. The second-order valence-corrected chi connectivity index (χ2v) is 3.71. The predicted octanol–water partition coefficient (Wildman–Crippen LogP) is 2.23. The minimum atomic E-state index is -0.568. The van der Waals surface area contributed by atoms with Gasteiger partial charge in [0.15, 0.2) is 0 Å². The van der Waals surface area contributed by atoms with Crippen molar-refractivity contribution >= 4 is 5.69 Å². The van der Waals surface area contributed by atoms with Crippen LogP contribution >= 0.6 is 0 Å². The molecule has 1 heterocycles. The summed E-state index contributed by atoms with van der Waals surface area (Å²) in [7, 11) is 3.40. The van der Waals surface area contributed by atoms with Crippen LogP contribution in [0.4, 0.5) is 5.69 Å². The summed E-state index contributed by atoms with van der Waals surface area (Å²) in [6.07, 6.45) is 2.01. The Balaban J connectivity index is 2.29. The van der Waals surface area contributed by atoms with E-state index >= 15 is 0 Å². The lowest BCUT2D eigenvalue weighted by Crippen LogP contribution is -2.47. The average molecular weight is 207 g/mol. The van der Waals surface area contributed by atoms with Crippen molar-refractivity contribution in [1.82, 2.24) is 0 Å². The molecule has 3 nitrogen and oxygen atoms in total. The van der Waals surface area contributed by atoms with Gasteiger partial charge < -0.3 is 14.4 Å². The third-order valence-electron chi connectivity index (χ3n) is 2.99. The molecular weight excluding hydrogens is 190 g/mol. The van der Waals surface area contributed by atoms with Gasteiger partial charge in [0.05, 0.1) is 0 Å². The van der Waals surface area contributed by atoms with Gasteiger partial charge in [0.1, 0.15) is 0 Å². The van der Waals surface area contributed by atoms with Crippen LogP contribution in [0.2, 0.25) is 0 Å². The summed E-state index contributed by atoms with van der Waals surface area (Å²) in [6, 6.07) is 10.2. The third-order valence-corrected chi connectivity index (χ3v) is 2.99. The molecule has 1 aliphatic heterocycles. The molecule has 0 aliphatic carbocycles. The highest BCUT2D eigenvalue weighted by Crippen LogP contribution is 2.34. The Labute approximate surface area is 90.6 Å². The Kier molecular flexibility index (Phi) is 2.93. The maximum absolute atomic E-state index is 5.52. The molecule has 82 valence electrons. The number of ether oxygens (including phenoxy) is 2. The molecule has 15 heavy (non-hydrogen) atoms. The van der Waals surface area contributed by atoms with Gasteiger partial charge >= 0.3 is 0 Å². The molecule has 1 aliphatic rings. The minimum absolute atomic E-state index is 0.568. The molecule has 1 aromatic carbocycles. The summed E-state index contributed by atoms with van der Waals surface area (Å²) in [5.74, 6) is -0.568. The van der Waals surface area contributed by atoms with Gasteiger partial charge in [-0.2, -0.15) is 0 Å². The summed E-state index contributed by atoms with van der Waals surface area (Å²) >= 11 is 0. The molecule has 0 bridgehead atoms. The average Bonchev–Trinajstić information content (AvgIpc) is 2.74. The van der Waals surface area contributed by atoms with Crippen LogP contribution in [0.15, 0.2) is 30.3 Å². The largest absolute Gasteiger partial charge is 0.336 e. The molecule has 2 rings (SSSR count).